The second kappa shape index (κ2) is 6.67. The molecule has 25 heavy (non-hydrogen) atoms. The van der Waals surface area contributed by atoms with Gasteiger partial charge in [0.25, 0.3) is 5.91 Å². The maximum Gasteiger partial charge on any atom is 0.337 e. The number of nitrogens with one attached hydrogen (secondary N) is 1. The number of carboxylic acid groups (broad SMARTS) is 1. The van der Waals surface area contributed by atoms with Gasteiger partial charge in [0.05, 0.1) is 15.5 Å². The van der Waals surface area contributed by atoms with E-state index in [0.29, 0.717) is 9.23 Å². The van der Waals surface area contributed by atoms with Gasteiger partial charge in [-0.05, 0) is 49.8 Å². The first kappa shape index (κ1) is 17.7. The highest BCUT2D eigenvalue weighted by atomic mass is 35.5. The van der Waals surface area contributed by atoms with Crippen molar-refractivity contribution in [2.24, 2.45) is 0 Å². The molecule has 2 aromatic rings. The summed E-state index contributed by atoms with van der Waals surface area (Å²) in [7, 11) is 0. The number of carbonyl (C=O) groups excluding carboxylic acids is 1. The molecule has 1 saturated heterocycles. The van der Waals surface area contributed by atoms with E-state index in [-0.39, 0.29) is 16.5 Å². The summed E-state index contributed by atoms with van der Waals surface area (Å²) >= 11 is 12.3. The summed E-state index contributed by atoms with van der Waals surface area (Å²) in [5.74, 6) is -1.27. The molecule has 5 nitrogen and oxygen atoms in total. The van der Waals surface area contributed by atoms with Gasteiger partial charge in [-0.15, -0.1) is 0 Å². The third-order valence-electron chi connectivity index (χ3n) is 3.84. The molecule has 0 aliphatic carbocycles. The van der Waals surface area contributed by atoms with Crippen LogP contribution in [0.1, 0.15) is 27.3 Å². The topological polar surface area (TPSA) is 71.3 Å². The van der Waals surface area contributed by atoms with Crippen LogP contribution in [0.2, 0.25) is 5.02 Å². The van der Waals surface area contributed by atoms with Gasteiger partial charge in [-0.1, -0.05) is 35.6 Å². The van der Waals surface area contributed by atoms with E-state index in [4.69, 9.17) is 28.9 Å². The standard InChI is InChI=1S/C17H13ClN2O3S2/c1-8-5-10(6-14-15(21)19-17(24)25-14)9(2)20(8)11-3-4-12(16(22)23)13(18)7-11/h3-7H,1-2H3,(H,22,23)(H,19,21,24)/b14-6+. The van der Waals surface area contributed by atoms with Crippen molar-refractivity contribution in [3.63, 3.8) is 0 Å². The zero-order valence-corrected chi connectivity index (χ0v) is 15.7. The number of hydrogen-bond donors (Lipinski definition) is 2. The molecule has 0 atom stereocenters. The van der Waals surface area contributed by atoms with E-state index in [1.54, 1.807) is 18.2 Å². The molecule has 0 bridgehead atoms. The number of rotatable bonds is 3. The largest absolute Gasteiger partial charge is 0.478 e. The molecule has 1 aromatic heterocycles. The zero-order valence-electron chi connectivity index (χ0n) is 13.3. The molecule has 0 saturated carbocycles. The lowest BCUT2D eigenvalue weighted by Crippen LogP contribution is -2.17. The molecule has 1 aliphatic heterocycles. The zero-order chi connectivity index (χ0) is 18.3. The Balaban J connectivity index is 2.05. The lowest BCUT2D eigenvalue weighted by Gasteiger charge is -2.11. The van der Waals surface area contributed by atoms with Crippen LogP contribution in [-0.2, 0) is 4.79 Å². The van der Waals surface area contributed by atoms with Crippen LogP contribution in [0.5, 0.6) is 0 Å². The van der Waals surface area contributed by atoms with Gasteiger partial charge >= 0.3 is 5.97 Å². The number of thiocarbonyl (C=S) groups is 1. The summed E-state index contributed by atoms with van der Waals surface area (Å²) in [5, 5.41) is 11.9. The fraction of sp³-hybridized carbons (Fsp3) is 0.118. The Morgan fingerprint density at radius 2 is 2.08 bits per heavy atom. The van der Waals surface area contributed by atoms with Crippen LogP contribution in [-0.4, -0.2) is 25.9 Å². The van der Waals surface area contributed by atoms with Crippen LogP contribution >= 0.6 is 35.6 Å². The van der Waals surface area contributed by atoms with E-state index in [9.17, 15) is 9.59 Å². The van der Waals surface area contributed by atoms with Gasteiger partial charge in [0.15, 0.2) is 0 Å². The predicted octanol–water partition coefficient (Wildman–Crippen LogP) is 3.93. The first-order valence-electron chi connectivity index (χ1n) is 7.25. The molecule has 128 valence electrons. The van der Waals surface area contributed by atoms with E-state index < -0.39 is 5.97 Å². The number of aryl methyl sites for hydroxylation is 1. The Morgan fingerprint density at radius 3 is 2.64 bits per heavy atom. The molecular formula is C17H13ClN2O3S2. The molecule has 3 rings (SSSR count). The lowest BCUT2D eigenvalue weighted by molar-refractivity contribution is -0.115. The average molecular weight is 393 g/mol. The monoisotopic (exact) mass is 392 g/mol. The van der Waals surface area contributed by atoms with E-state index >= 15 is 0 Å². The van der Waals surface area contributed by atoms with Crippen LogP contribution in [0.15, 0.2) is 29.2 Å². The van der Waals surface area contributed by atoms with E-state index in [0.717, 1.165) is 22.6 Å². The third-order valence-corrected chi connectivity index (χ3v) is 5.32. The van der Waals surface area contributed by atoms with Crippen LogP contribution < -0.4 is 5.32 Å². The number of carboxylic acids is 1. The van der Waals surface area contributed by atoms with Gasteiger partial charge in [0.2, 0.25) is 0 Å². The summed E-state index contributed by atoms with van der Waals surface area (Å²) in [4.78, 5) is 23.5. The van der Waals surface area contributed by atoms with Crippen LogP contribution in [0.4, 0.5) is 0 Å². The van der Waals surface area contributed by atoms with E-state index in [1.165, 1.54) is 17.8 Å². The Bertz CT molecular complexity index is 963. The second-order valence-electron chi connectivity index (χ2n) is 5.48. The number of halogens is 1. The smallest absolute Gasteiger partial charge is 0.337 e. The maximum absolute atomic E-state index is 11.8. The van der Waals surface area contributed by atoms with Gasteiger partial charge in [-0.25, -0.2) is 4.79 Å². The van der Waals surface area contributed by atoms with Gasteiger partial charge in [0.1, 0.15) is 4.32 Å². The highest BCUT2D eigenvalue weighted by Crippen LogP contribution is 2.30. The minimum absolute atomic E-state index is 0.0581. The molecule has 0 spiro atoms. The van der Waals surface area contributed by atoms with E-state index in [1.807, 2.05) is 24.5 Å². The Hall–Kier alpha value is -2.09. The fourth-order valence-electron chi connectivity index (χ4n) is 2.71. The van der Waals surface area contributed by atoms with Crippen molar-refractivity contribution in [2.75, 3.05) is 0 Å². The molecule has 0 unspecified atom stereocenters. The number of carbonyl (C=O) groups is 2. The Labute approximate surface area is 158 Å². The van der Waals surface area contributed by atoms with Crippen LogP contribution in [0, 0.1) is 13.8 Å². The highest BCUT2D eigenvalue weighted by molar-refractivity contribution is 8.26. The van der Waals surface area contributed by atoms with Gasteiger partial charge in [0, 0.05) is 17.1 Å². The van der Waals surface area contributed by atoms with Crippen molar-refractivity contribution in [1.29, 1.82) is 0 Å². The molecule has 8 heteroatoms. The van der Waals surface area contributed by atoms with Crippen LogP contribution in [0.3, 0.4) is 0 Å². The Morgan fingerprint density at radius 1 is 1.36 bits per heavy atom. The van der Waals surface area contributed by atoms with Gasteiger partial charge in [-0.2, -0.15) is 0 Å². The normalized spacial score (nSPS) is 15.7. The summed E-state index contributed by atoms with van der Waals surface area (Å²) in [5.41, 5.74) is 3.56. The number of amides is 1. The minimum atomic E-state index is -1.07. The lowest BCUT2D eigenvalue weighted by atomic mass is 10.2. The van der Waals surface area contributed by atoms with Crippen molar-refractivity contribution in [3.8, 4) is 5.69 Å². The average Bonchev–Trinajstić information content (AvgIpc) is 2.98. The molecule has 0 radical (unpaired) electrons. The molecule has 1 aliphatic rings. The van der Waals surface area contributed by atoms with Gasteiger partial charge < -0.3 is 15.0 Å². The maximum atomic E-state index is 11.8. The predicted molar refractivity (Wildman–Crippen MR) is 104 cm³/mol. The Kier molecular flexibility index (Phi) is 4.73. The molecule has 2 heterocycles. The minimum Gasteiger partial charge on any atom is -0.478 e. The highest BCUT2D eigenvalue weighted by Gasteiger charge is 2.23. The van der Waals surface area contributed by atoms with Crippen molar-refractivity contribution in [3.05, 3.63) is 56.7 Å². The summed E-state index contributed by atoms with van der Waals surface area (Å²) in [6, 6.07) is 6.76. The summed E-state index contributed by atoms with van der Waals surface area (Å²) < 4.78 is 2.40. The van der Waals surface area contributed by atoms with Crippen molar-refractivity contribution in [1.82, 2.24) is 9.88 Å². The van der Waals surface area contributed by atoms with Crippen molar-refractivity contribution < 1.29 is 14.7 Å². The van der Waals surface area contributed by atoms with Crippen molar-refractivity contribution >= 4 is 57.9 Å². The van der Waals surface area contributed by atoms with Gasteiger partial charge in [-0.3, -0.25) is 4.79 Å². The number of hydrogen-bond acceptors (Lipinski definition) is 4. The van der Waals surface area contributed by atoms with Crippen molar-refractivity contribution in [2.45, 2.75) is 13.8 Å². The number of aromatic carboxylic acids is 1. The number of thioether (sulfide) groups is 1. The molecule has 1 amide bonds. The number of benzene rings is 1. The first-order valence-corrected chi connectivity index (χ1v) is 8.85. The van der Waals surface area contributed by atoms with E-state index in [2.05, 4.69) is 5.32 Å². The number of aromatic nitrogens is 1. The molecule has 1 aromatic carbocycles. The molecule has 1 fully saturated rings. The summed E-state index contributed by atoms with van der Waals surface area (Å²) in [6.45, 7) is 3.86. The third kappa shape index (κ3) is 3.35. The second-order valence-corrected chi connectivity index (χ2v) is 7.61. The quantitative estimate of drug-likeness (QED) is 0.611. The van der Waals surface area contributed by atoms with Crippen LogP contribution in [0.25, 0.3) is 11.8 Å². The fourth-order valence-corrected chi connectivity index (χ4v) is 4.00. The molecular weight excluding hydrogens is 380 g/mol. The molecule has 2 N–H and O–H groups in total. The first-order chi connectivity index (χ1) is 11.8. The summed E-state index contributed by atoms with van der Waals surface area (Å²) in [6.07, 6.45) is 1.80. The number of nitrogens with zero attached hydrogens (tertiary/aromatic N) is 1. The SMILES string of the molecule is Cc1cc(/C=C2/SC(=S)NC2=O)c(C)n1-c1ccc(C(=O)O)c(Cl)c1.